The van der Waals surface area contributed by atoms with Gasteiger partial charge in [-0.3, -0.25) is 0 Å². The van der Waals surface area contributed by atoms with E-state index in [2.05, 4.69) is 6.58 Å². The average Bonchev–Trinajstić information content (AvgIpc) is 1.89. The summed E-state index contributed by atoms with van der Waals surface area (Å²) in [7, 11) is 0. The SMILES string of the molecule is C=CC(=O)[O-].NCCN.[Na+]. The molecule has 0 saturated carbocycles. The number of hydrogen-bond donors (Lipinski definition) is 2. The van der Waals surface area contributed by atoms with Crippen molar-refractivity contribution in [2.75, 3.05) is 13.1 Å². The van der Waals surface area contributed by atoms with Gasteiger partial charge in [0.1, 0.15) is 0 Å². The first-order chi connectivity index (χ1) is 4.18. The van der Waals surface area contributed by atoms with Crippen molar-refractivity contribution in [3.05, 3.63) is 12.7 Å². The monoisotopic (exact) mass is 154 g/mol. The molecular weight excluding hydrogens is 143 g/mol. The van der Waals surface area contributed by atoms with Gasteiger partial charge in [0.25, 0.3) is 0 Å². The minimum Gasteiger partial charge on any atom is -0.545 e. The molecular formula is C5H11N2NaO2. The molecule has 0 spiro atoms. The molecule has 10 heavy (non-hydrogen) atoms. The molecule has 0 saturated heterocycles. The summed E-state index contributed by atoms with van der Waals surface area (Å²) in [6.07, 6.45) is 0.722. The van der Waals surface area contributed by atoms with Crippen LogP contribution >= 0.6 is 0 Å². The number of carboxylic acid groups (broad SMARTS) is 1. The molecule has 0 amide bonds. The smallest absolute Gasteiger partial charge is 0.545 e. The number of carbonyl (C=O) groups is 1. The molecule has 54 valence electrons. The molecule has 0 aliphatic heterocycles. The first-order valence-corrected chi connectivity index (χ1v) is 2.42. The number of rotatable bonds is 2. The van der Waals surface area contributed by atoms with E-state index in [1.165, 1.54) is 0 Å². The number of nitrogens with two attached hydrogens (primary N) is 2. The molecule has 0 bridgehead atoms. The molecule has 4 nitrogen and oxygen atoms in total. The van der Waals surface area contributed by atoms with Crippen LogP contribution in [0.4, 0.5) is 0 Å². The third-order valence-corrected chi connectivity index (χ3v) is 0.333. The van der Waals surface area contributed by atoms with Crippen LogP contribution in [0.2, 0.25) is 0 Å². The first-order valence-electron chi connectivity index (χ1n) is 2.42. The summed E-state index contributed by atoms with van der Waals surface area (Å²) in [4.78, 5) is 9.14. The fourth-order valence-corrected chi connectivity index (χ4v) is 0. The second kappa shape index (κ2) is 16.1. The van der Waals surface area contributed by atoms with E-state index in [9.17, 15) is 0 Å². The van der Waals surface area contributed by atoms with Crippen LogP contribution in [-0.4, -0.2) is 19.1 Å². The summed E-state index contributed by atoms with van der Waals surface area (Å²) in [5, 5.41) is 9.14. The molecule has 0 heterocycles. The molecule has 0 aromatic carbocycles. The Bertz CT molecular complexity index is 85.7. The third-order valence-electron chi connectivity index (χ3n) is 0.333. The normalized spacial score (nSPS) is 6.20. The van der Waals surface area contributed by atoms with Crippen molar-refractivity contribution in [3.8, 4) is 0 Å². The molecule has 0 atom stereocenters. The van der Waals surface area contributed by atoms with E-state index in [1.54, 1.807) is 0 Å². The third kappa shape index (κ3) is 42.2. The van der Waals surface area contributed by atoms with Crippen LogP contribution in [0.3, 0.4) is 0 Å². The van der Waals surface area contributed by atoms with Crippen LogP contribution < -0.4 is 46.1 Å². The maximum atomic E-state index is 9.14. The average molecular weight is 154 g/mol. The molecule has 0 aromatic rings. The van der Waals surface area contributed by atoms with Crippen molar-refractivity contribution in [1.82, 2.24) is 0 Å². The molecule has 0 aliphatic carbocycles. The van der Waals surface area contributed by atoms with Crippen molar-refractivity contribution < 1.29 is 39.5 Å². The van der Waals surface area contributed by atoms with Crippen LogP contribution in [0.1, 0.15) is 0 Å². The Balaban J connectivity index is -0.0000000910. The standard InChI is InChI=1S/C3H4O2.C2H8N2.Na/c1-2-3(4)5;3-1-2-4;/h2H,1H2,(H,4,5);1-4H2;/q;;+1/p-1. The summed E-state index contributed by atoms with van der Waals surface area (Å²) in [5.41, 5.74) is 9.81. The van der Waals surface area contributed by atoms with Crippen molar-refractivity contribution in [1.29, 1.82) is 0 Å². The minimum atomic E-state index is -1.23. The van der Waals surface area contributed by atoms with Gasteiger partial charge in [-0.2, -0.15) is 0 Å². The summed E-state index contributed by atoms with van der Waals surface area (Å²) in [6, 6.07) is 0. The first kappa shape index (κ1) is 16.6. The quantitative estimate of drug-likeness (QED) is 0.307. The maximum absolute atomic E-state index is 9.14. The zero-order chi connectivity index (χ0) is 7.70. The van der Waals surface area contributed by atoms with Crippen LogP contribution in [0.25, 0.3) is 0 Å². The van der Waals surface area contributed by atoms with Gasteiger partial charge < -0.3 is 21.4 Å². The predicted molar refractivity (Wildman–Crippen MR) is 33.3 cm³/mol. The Labute approximate surface area is 82.6 Å². The van der Waals surface area contributed by atoms with Gasteiger partial charge in [-0.05, 0) is 6.08 Å². The van der Waals surface area contributed by atoms with Crippen molar-refractivity contribution >= 4 is 5.97 Å². The Morgan fingerprint density at radius 2 is 1.70 bits per heavy atom. The molecule has 0 aliphatic rings. The van der Waals surface area contributed by atoms with Crippen LogP contribution in [0.15, 0.2) is 12.7 Å². The van der Waals surface area contributed by atoms with Crippen molar-refractivity contribution in [2.45, 2.75) is 0 Å². The van der Waals surface area contributed by atoms with Gasteiger partial charge in [0, 0.05) is 13.1 Å². The second-order valence-electron chi connectivity index (χ2n) is 1.10. The molecule has 0 rings (SSSR count). The number of carboxylic acids is 1. The molecule has 4 N–H and O–H groups in total. The molecule has 5 heteroatoms. The zero-order valence-electron chi connectivity index (χ0n) is 6.17. The Morgan fingerprint density at radius 1 is 1.50 bits per heavy atom. The summed E-state index contributed by atoms with van der Waals surface area (Å²) >= 11 is 0. The van der Waals surface area contributed by atoms with Crippen molar-refractivity contribution in [2.24, 2.45) is 11.5 Å². The second-order valence-corrected chi connectivity index (χ2v) is 1.10. The molecule has 0 fully saturated rings. The van der Waals surface area contributed by atoms with Crippen LogP contribution in [0.5, 0.6) is 0 Å². The summed E-state index contributed by atoms with van der Waals surface area (Å²) < 4.78 is 0. The zero-order valence-corrected chi connectivity index (χ0v) is 8.17. The fraction of sp³-hybridized carbons (Fsp3) is 0.400. The minimum absolute atomic E-state index is 0. The van der Waals surface area contributed by atoms with Crippen molar-refractivity contribution in [3.63, 3.8) is 0 Å². The summed E-state index contributed by atoms with van der Waals surface area (Å²) in [5.74, 6) is -1.23. The topological polar surface area (TPSA) is 92.2 Å². The van der Waals surface area contributed by atoms with E-state index in [-0.39, 0.29) is 29.6 Å². The number of hydrogen-bond acceptors (Lipinski definition) is 4. The van der Waals surface area contributed by atoms with Gasteiger partial charge in [0.15, 0.2) is 0 Å². The van der Waals surface area contributed by atoms with Gasteiger partial charge in [0.2, 0.25) is 0 Å². The van der Waals surface area contributed by atoms with Crippen LogP contribution in [0, 0.1) is 0 Å². The molecule has 0 unspecified atom stereocenters. The predicted octanol–water partition coefficient (Wildman–Crippen LogP) is -5.17. The van der Waals surface area contributed by atoms with E-state index in [1.807, 2.05) is 0 Å². The van der Waals surface area contributed by atoms with Gasteiger partial charge in [-0.1, -0.05) is 6.58 Å². The van der Waals surface area contributed by atoms with Crippen LogP contribution in [-0.2, 0) is 4.79 Å². The molecule has 0 aromatic heterocycles. The van der Waals surface area contributed by atoms with Gasteiger partial charge in [-0.15, -0.1) is 0 Å². The molecule has 0 radical (unpaired) electrons. The van der Waals surface area contributed by atoms with E-state index >= 15 is 0 Å². The Hall–Kier alpha value is 0.130. The van der Waals surface area contributed by atoms with Gasteiger partial charge >= 0.3 is 29.6 Å². The van der Waals surface area contributed by atoms with E-state index in [0.717, 1.165) is 6.08 Å². The summed E-state index contributed by atoms with van der Waals surface area (Å²) in [6.45, 7) is 4.09. The maximum Gasteiger partial charge on any atom is 1.00 e. The van der Waals surface area contributed by atoms with Gasteiger partial charge in [0.05, 0.1) is 5.97 Å². The fourth-order valence-electron chi connectivity index (χ4n) is 0. The van der Waals surface area contributed by atoms with E-state index < -0.39 is 5.97 Å². The largest absolute Gasteiger partial charge is 1.00 e. The Morgan fingerprint density at radius 3 is 1.70 bits per heavy atom. The van der Waals surface area contributed by atoms with E-state index in [0.29, 0.717) is 13.1 Å². The Kier molecular flexibility index (Phi) is 26.7. The number of aliphatic carboxylic acids is 1. The van der Waals surface area contributed by atoms with E-state index in [4.69, 9.17) is 21.4 Å². The van der Waals surface area contributed by atoms with Gasteiger partial charge in [-0.25, -0.2) is 0 Å². The number of carbonyl (C=O) groups excluding carboxylic acids is 1.